The molecule has 7 aromatic carbocycles. The van der Waals surface area contributed by atoms with Gasteiger partial charge < -0.3 is 0 Å². The third-order valence-electron chi connectivity index (χ3n) is 10.2. The zero-order chi connectivity index (χ0) is 30.2. The summed E-state index contributed by atoms with van der Waals surface area (Å²) in [5, 5.41) is 5.18. The second-order valence-corrected chi connectivity index (χ2v) is 13.1. The average Bonchev–Trinajstić information content (AvgIpc) is 3.28. The number of hydrogen-bond acceptors (Lipinski definition) is 0. The van der Waals surface area contributed by atoms with Crippen LogP contribution in [0.1, 0.15) is 41.7 Å². The number of aryl methyl sites for hydroxylation is 2. The van der Waals surface area contributed by atoms with Gasteiger partial charge in [-0.15, -0.1) is 0 Å². The van der Waals surface area contributed by atoms with Crippen LogP contribution in [0.4, 0.5) is 0 Å². The largest absolute Gasteiger partial charge is 0.0622 e. The van der Waals surface area contributed by atoms with Crippen molar-refractivity contribution in [2.75, 3.05) is 0 Å². The third-order valence-corrected chi connectivity index (χ3v) is 10.2. The van der Waals surface area contributed by atoms with Crippen LogP contribution in [0.25, 0.3) is 66.1 Å². The molecule has 0 N–H and O–H groups in total. The SMILES string of the molecule is Cc1cc(-c2c3ccccc3c(-c3ccc4c(c3)-c3ccccc3C4(C)C)c3cc(-c4ccccc4)ccc23)cc(C)c1C. The predicted octanol–water partition coefficient (Wildman–Crippen LogP) is 12.2. The van der Waals surface area contributed by atoms with E-state index in [-0.39, 0.29) is 5.41 Å². The summed E-state index contributed by atoms with van der Waals surface area (Å²) in [6, 6.07) is 47.8. The van der Waals surface area contributed by atoms with Gasteiger partial charge in [0, 0.05) is 5.41 Å². The van der Waals surface area contributed by atoms with Crippen LogP contribution < -0.4 is 0 Å². The van der Waals surface area contributed by atoms with Gasteiger partial charge in [-0.2, -0.15) is 0 Å². The molecule has 1 aliphatic carbocycles. The van der Waals surface area contributed by atoms with Crippen molar-refractivity contribution in [3.05, 3.63) is 155 Å². The van der Waals surface area contributed by atoms with Crippen molar-refractivity contribution in [1.82, 2.24) is 0 Å². The van der Waals surface area contributed by atoms with Crippen LogP contribution in [0, 0.1) is 20.8 Å². The van der Waals surface area contributed by atoms with Crippen molar-refractivity contribution in [3.8, 4) is 44.5 Å². The first kappa shape index (κ1) is 26.7. The Morgan fingerprint density at radius 2 is 0.955 bits per heavy atom. The van der Waals surface area contributed by atoms with E-state index in [4.69, 9.17) is 0 Å². The fourth-order valence-corrected chi connectivity index (χ4v) is 7.67. The molecule has 44 heavy (non-hydrogen) atoms. The van der Waals surface area contributed by atoms with Crippen molar-refractivity contribution in [2.45, 2.75) is 40.0 Å². The smallest absolute Gasteiger partial charge is 0.0158 e. The third kappa shape index (κ3) is 3.91. The molecule has 0 nitrogen and oxygen atoms in total. The fourth-order valence-electron chi connectivity index (χ4n) is 7.67. The van der Waals surface area contributed by atoms with E-state index in [1.807, 2.05) is 0 Å². The van der Waals surface area contributed by atoms with Crippen LogP contribution >= 0.6 is 0 Å². The monoisotopic (exact) mass is 564 g/mol. The molecule has 0 amide bonds. The Balaban J connectivity index is 1.50. The molecule has 0 radical (unpaired) electrons. The van der Waals surface area contributed by atoms with E-state index in [0.29, 0.717) is 0 Å². The van der Waals surface area contributed by atoms with Crippen LogP contribution in [0.15, 0.2) is 127 Å². The number of benzene rings is 7. The quantitative estimate of drug-likeness (QED) is 0.187. The lowest BCUT2D eigenvalue weighted by atomic mass is 9.81. The summed E-state index contributed by atoms with van der Waals surface area (Å²) < 4.78 is 0. The standard InChI is InChI=1S/C44H36/c1-27-23-33(24-28(2)29(27)3)43-36-17-10-9-16-35(36)42(39-25-31(19-21-37(39)43)30-13-7-6-8-14-30)32-20-22-41-38(26-32)34-15-11-12-18-40(34)44(41,4)5/h6-26H,1-5H3. The lowest BCUT2D eigenvalue weighted by Crippen LogP contribution is -2.14. The van der Waals surface area contributed by atoms with E-state index >= 15 is 0 Å². The highest BCUT2D eigenvalue weighted by atomic mass is 14.4. The maximum Gasteiger partial charge on any atom is 0.0158 e. The lowest BCUT2D eigenvalue weighted by Gasteiger charge is -2.22. The van der Waals surface area contributed by atoms with Gasteiger partial charge in [-0.3, -0.25) is 0 Å². The Morgan fingerprint density at radius 3 is 1.68 bits per heavy atom. The van der Waals surface area contributed by atoms with Crippen LogP contribution in [-0.4, -0.2) is 0 Å². The predicted molar refractivity (Wildman–Crippen MR) is 190 cm³/mol. The molecular formula is C44H36. The summed E-state index contributed by atoms with van der Waals surface area (Å²) >= 11 is 0. The van der Waals surface area contributed by atoms with Gasteiger partial charge >= 0.3 is 0 Å². The van der Waals surface area contributed by atoms with Crippen molar-refractivity contribution in [1.29, 1.82) is 0 Å². The van der Waals surface area contributed by atoms with Gasteiger partial charge in [0.1, 0.15) is 0 Å². The highest BCUT2D eigenvalue weighted by molar-refractivity contribution is 6.22. The molecule has 0 spiro atoms. The molecule has 0 saturated carbocycles. The summed E-state index contributed by atoms with van der Waals surface area (Å²) in [4.78, 5) is 0. The molecule has 0 atom stereocenters. The van der Waals surface area contributed by atoms with Crippen molar-refractivity contribution in [2.24, 2.45) is 0 Å². The summed E-state index contributed by atoms with van der Waals surface area (Å²) in [6.07, 6.45) is 0. The van der Waals surface area contributed by atoms with Crippen molar-refractivity contribution < 1.29 is 0 Å². The van der Waals surface area contributed by atoms with Gasteiger partial charge in [0.15, 0.2) is 0 Å². The molecule has 0 saturated heterocycles. The molecule has 0 bridgehead atoms. The molecular weight excluding hydrogens is 528 g/mol. The molecule has 0 unspecified atom stereocenters. The van der Waals surface area contributed by atoms with E-state index < -0.39 is 0 Å². The topological polar surface area (TPSA) is 0 Å². The Bertz CT molecular complexity index is 2240. The van der Waals surface area contributed by atoms with Gasteiger partial charge in [-0.05, 0) is 127 Å². The molecule has 0 aromatic heterocycles. The summed E-state index contributed by atoms with van der Waals surface area (Å²) in [7, 11) is 0. The normalized spacial score (nSPS) is 13.3. The number of hydrogen-bond donors (Lipinski definition) is 0. The van der Waals surface area contributed by atoms with Crippen molar-refractivity contribution in [3.63, 3.8) is 0 Å². The maximum absolute atomic E-state index is 2.46. The minimum atomic E-state index is -0.0138. The van der Waals surface area contributed by atoms with Gasteiger partial charge in [0.25, 0.3) is 0 Å². The van der Waals surface area contributed by atoms with E-state index in [9.17, 15) is 0 Å². The zero-order valence-corrected chi connectivity index (χ0v) is 26.1. The Hall–Kier alpha value is -4.94. The zero-order valence-electron chi connectivity index (χ0n) is 26.1. The molecule has 1 aliphatic rings. The van der Waals surface area contributed by atoms with Gasteiger partial charge in [0.05, 0.1) is 0 Å². The lowest BCUT2D eigenvalue weighted by molar-refractivity contribution is 0.660. The minimum absolute atomic E-state index is 0.0138. The Kier molecular flexibility index (Phi) is 5.94. The van der Waals surface area contributed by atoms with Crippen LogP contribution in [-0.2, 0) is 5.41 Å². The first-order valence-electron chi connectivity index (χ1n) is 15.7. The summed E-state index contributed by atoms with van der Waals surface area (Å²) in [5.74, 6) is 0. The summed E-state index contributed by atoms with van der Waals surface area (Å²) in [6.45, 7) is 11.4. The van der Waals surface area contributed by atoms with E-state index in [1.54, 1.807) is 0 Å². The molecule has 7 aromatic rings. The second-order valence-electron chi connectivity index (χ2n) is 13.1. The fraction of sp³-hybridized carbons (Fsp3) is 0.136. The first-order chi connectivity index (χ1) is 21.3. The van der Waals surface area contributed by atoms with E-state index in [1.165, 1.54) is 93.9 Å². The number of rotatable bonds is 3. The molecule has 8 rings (SSSR count). The molecule has 0 fully saturated rings. The Labute approximate surface area is 260 Å². The van der Waals surface area contributed by atoms with Crippen LogP contribution in [0.5, 0.6) is 0 Å². The number of fused-ring (bicyclic) bond motifs is 5. The van der Waals surface area contributed by atoms with Gasteiger partial charge in [0.2, 0.25) is 0 Å². The average molecular weight is 565 g/mol. The Morgan fingerprint density at radius 1 is 0.386 bits per heavy atom. The maximum atomic E-state index is 2.46. The minimum Gasteiger partial charge on any atom is -0.0622 e. The van der Waals surface area contributed by atoms with Gasteiger partial charge in [-0.1, -0.05) is 129 Å². The first-order valence-corrected chi connectivity index (χ1v) is 15.7. The molecule has 0 aliphatic heterocycles. The highest BCUT2D eigenvalue weighted by Gasteiger charge is 2.35. The van der Waals surface area contributed by atoms with Crippen LogP contribution in [0.2, 0.25) is 0 Å². The van der Waals surface area contributed by atoms with E-state index in [2.05, 4.69) is 162 Å². The van der Waals surface area contributed by atoms with Gasteiger partial charge in [-0.25, -0.2) is 0 Å². The van der Waals surface area contributed by atoms with E-state index in [0.717, 1.165) is 0 Å². The summed E-state index contributed by atoms with van der Waals surface area (Å²) in [5.41, 5.74) is 17.2. The molecule has 0 heterocycles. The molecule has 0 heteroatoms. The van der Waals surface area contributed by atoms with Crippen molar-refractivity contribution >= 4 is 21.5 Å². The molecule has 212 valence electrons. The second kappa shape index (κ2) is 9.79. The van der Waals surface area contributed by atoms with Crippen LogP contribution in [0.3, 0.4) is 0 Å². The highest BCUT2D eigenvalue weighted by Crippen LogP contribution is 2.51.